The van der Waals surface area contributed by atoms with E-state index in [1.807, 2.05) is 6.07 Å². The van der Waals surface area contributed by atoms with Crippen LogP contribution in [0.3, 0.4) is 0 Å². The summed E-state index contributed by atoms with van der Waals surface area (Å²) in [6, 6.07) is 17.1. The first-order valence-corrected chi connectivity index (χ1v) is 7.73. The summed E-state index contributed by atoms with van der Waals surface area (Å²) in [7, 11) is -3.61. The van der Waals surface area contributed by atoms with Gasteiger partial charge in [0.2, 0.25) is 10.0 Å². The van der Waals surface area contributed by atoms with E-state index in [2.05, 4.69) is 4.72 Å². The van der Waals surface area contributed by atoms with E-state index in [-0.39, 0.29) is 11.4 Å². The second-order valence-electron chi connectivity index (χ2n) is 4.78. The summed E-state index contributed by atoms with van der Waals surface area (Å²) in [4.78, 5) is 0.184. The summed E-state index contributed by atoms with van der Waals surface area (Å²) >= 11 is 0. The maximum absolute atomic E-state index is 12.1. The standard InChI is InChI=1S/C15H17NO3S/c1-15(17,13-8-4-2-5-9-13)12-16-20(18,19)14-10-6-3-7-11-14/h2-11,16-17H,12H2,1H3. The van der Waals surface area contributed by atoms with Gasteiger partial charge in [-0.3, -0.25) is 0 Å². The van der Waals surface area contributed by atoms with Gasteiger partial charge in [-0.15, -0.1) is 0 Å². The van der Waals surface area contributed by atoms with Gasteiger partial charge in [0.25, 0.3) is 0 Å². The molecule has 0 saturated heterocycles. The second kappa shape index (κ2) is 5.75. The molecule has 0 spiro atoms. The average Bonchev–Trinajstić information content (AvgIpc) is 2.47. The Labute approximate surface area is 119 Å². The van der Waals surface area contributed by atoms with Gasteiger partial charge in [0.05, 0.1) is 4.90 Å². The molecule has 2 aromatic carbocycles. The molecule has 0 aliphatic heterocycles. The van der Waals surface area contributed by atoms with Crippen LogP contribution in [0.1, 0.15) is 12.5 Å². The molecule has 4 nitrogen and oxygen atoms in total. The van der Waals surface area contributed by atoms with Crippen molar-refractivity contribution in [3.63, 3.8) is 0 Å². The highest BCUT2D eigenvalue weighted by Crippen LogP contribution is 2.20. The lowest BCUT2D eigenvalue weighted by Crippen LogP contribution is -2.38. The van der Waals surface area contributed by atoms with Crippen molar-refractivity contribution in [3.05, 3.63) is 66.2 Å². The van der Waals surface area contributed by atoms with E-state index >= 15 is 0 Å². The maximum atomic E-state index is 12.1. The molecule has 5 heteroatoms. The fourth-order valence-corrected chi connectivity index (χ4v) is 2.97. The van der Waals surface area contributed by atoms with Crippen molar-refractivity contribution in [1.29, 1.82) is 0 Å². The Morgan fingerprint density at radius 2 is 1.50 bits per heavy atom. The molecular weight excluding hydrogens is 274 g/mol. The Morgan fingerprint density at radius 3 is 2.05 bits per heavy atom. The molecule has 0 heterocycles. The minimum Gasteiger partial charge on any atom is -0.384 e. The summed E-state index contributed by atoms with van der Waals surface area (Å²) in [5.74, 6) is 0. The zero-order valence-corrected chi connectivity index (χ0v) is 12.0. The monoisotopic (exact) mass is 291 g/mol. The van der Waals surface area contributed by atoms with Crippen LogP contribution in [0.25, 0.3) is 0 Å². The largest absolute Gasteiger partial charge is 0.384 e. The minimum absolute atomic E-state index is 0.0890. The predicted molar refractivity (Wildman–Crippen MR) is 77.6 cm³/mol. The molecule has 1 unspecified atom stereocenters. The van der Waals surface area contributed by atoms with Crippen LogP contribution in [-0.2, 0) is 15.6 Å². The van der Waals surface area contributed by atoms with Crippen molar-refractivity contribution in [3.8, 4) is 0 Å². The maximum Gasteiger partial charge on any atom is 0.240 e. The third-order valence-electron chi connectivity index (χ3n) is 3.06. The molecule has 2 N–H and O–H groups in total. The summed E-state index contributed by atoms with van der Waals surface area (Å²) in [5, 5.41) is 10.4. The number of hydrogen-bond acceptors (Lipinski definition) is 3. The third-order valence-corrected chi connectivity index (χ3v) is 4.47. The first kappa shape index (κ1) is 14.7. The lowest BCUT2D eigenvalue weighted by molar-refractivity contribution is 0.0627. The predicted octanol–water partition coefficient (Wildman–Crippen LogP) is 1.87. The molecule has 0 amide bonds. The van der Waals surface area contributed by atoms with Gasteiger partial charge in [-0.1, -0.05) is 48.5 Å². The number of benzene rings is 2. The Morgan fingerprint density at radius 1 is 1.00 bits per heavy atom. The SMILES string of the molecule is CC(O)(CNS(=O)(=O)c1ccccc1)c1ccccc1. The quantitative estimate of drug-likeness (QED) is 0.884. The molecule has 0 bridgehead atoms. The molecule has 2 rings (SSSR count). The molecule has 1 atom stereocenters. The van der Waals surface area contributed by atoms with Gasteiger partial charge < -0.3 is 5.11 Å². The van der Waals surface area contributed by atoms with Gasteiger partial charge >= 0.3 is 0 Å². The van der Waals surface area contributed by atoms with Crippen molar-refractivity contribution in [1.82, 2.24) is 4.72 Å². The van der Waals surface area contributed by atoms with Crippen LogP contribution >= 0.6 is 0 Å². The molecule has 0 aliphatic carbocycles. The summed E-state index contributed by atoms with van der Waals surface area (Å²) in [5.41, 5.74) is -0.598. The van der Waals surface area contributed by atoms with Crippen LogP contribution in [0.4, 0.5) is 0 Å². The van der Waals surface area contributed by atoms with E-state index in [0.717, 1.165) is 0 Å². The van der Waals surface area contributed by atoms with E-state index in [9.17, 15) is 13.5 Å². The molecule has 0 fully saturated rings. The van der Waals surface area contributed by atoms with Crippen LogP contribution < -0.4 is 4.72 Å². The number of rotatable bonds is 5. The van der Waals surface area contributed by atoms with E-state index in [0.29, 0.717) is 5.56 Å². The minimum atomic E-state index is -3.61. The lowest BCUT2D eigenvalue weighted by Gasteiger charge is -2.24. The zero-order valence-electron chi connectivity index (χ0n) is 11.2. The molecule has 20 heavy (non-hydrogen) atoms. The fraction of sp³-hybridized carbons (Fsp3) is 0.200. The molecule has 0 radical (unpaired) electrons. The van der Waals surface area contributed by atoms with Crippen LogP contribution in [-0.4, -0.2) is 20.1 Å². The lowest BCUT2D eigenvalue weighted by atomic mass is 9.97. The van der Waals surface area contributed by atoms with Crippen LogP contribution in [0.5, 0.6) is 0 Å². The number of sulfonamides is 1. The highest BCUT2D eigenvalue weighted by molar-refractivity contribution is 7.89. The normalized spacial score (nSPS) is 14.7. The van der Waals surface area contributed by atoms with Crippen molar-refractivity contribution < 1.29 is 13.5 Å². The third kappa shape index (κ3) is 3.45. The van der Waals surface area contributed by atoms with Gasteiger partial charge in [-0.05, 0) is 24.6 Å². The Balaban J connectivity index is 2.12. The molecule has 106 valence electrons. The molecule has 0 aromatic heterocycles. The summed E-state index contributed by atoms with van der Waals surface area (Å²) < 4.78 is 26.6. The second-order valence-corrected chi connectivity index (χ2v) is 6.54. The van der Waals surface area contributed by atoms with Gasteiger partial charge in [-0.25, -0.2) is 13.1 Å². The van der Waals surface area contributed by atoms with Crippen LogP contribution in [0.15, 0.2) is 65.6 Å². The van der Waals surface area contributed by atoms with E-state index in [4.69, 9.17) is 0 Å². The number of nitrogens with one attached hydrogen (secondary N) is 1. The molecule has 0 aliphatic rings. The highest BCUT2D eigenvalue weighted by Gasteiger charge is 2.25. The first-order valence-electron chi connectivity index (χ1n) is 6.24. The smallest absolute Gasteiger partial charge is 0.240 e. The Hall–Kier alpha value is -1.69. The number of aliphatic hydroxyl groups is 1. The highest BCUT2D eigenvalue weighted by atomic mass is 32.2. The average molecular weight is 291 g/mol. The fourth-order valence-electron chi connectivity index (χ4n) is 1.82. The molecule has 2 aromatic rings. The van der Waals surface area contributed by atoms with Crippen molar-refractivity contribution in [2.75, 3.05) is 6.54 Å². The van der Waals surface area contributed by atoms with Crippen LogP contribution in [0, 0.1) is 0 Å². The topological polar surface area (TPSA) is 66.4 Å². The molecular formula is C15H17NO3S. The van der Waals surface area contributed by atoms with Gasteiger partial charge in [0.1, 0.15) is 5.60 Å². The van der Waals surface area contributed by atoms with Gasteiger partial charge in [0.15, 0.2) is 0 Å². The van der Waals surface area contributed by atoms with Crippen LogP contribution in [0.2, 0.25) is 0 Å². The van der Waals surface area contributed by atoms with Crippen molar-refractivity contribution in [2.45, 2.75) is 17.4 Å². The van der Waals surface area contributed by atoms with Crippen molar-refractivity contribution in [2.24, 2.45) is 0 Å². The van der Waals surface area contributed by atoms with E-state index < -0.39 is 15.6 Å². The van der Waals surface area contributed by atoms with E-state index in [1.165, 1.54) is 12.1 Å². The number of hydrogen-bond donors (Lipinski definition) is 2. The van der Waals surface area contributed by atoms with Gasteiger partial charge in [0, 0.05) is 6.54 Å². The first-order chi connectivity index (χ1) is 9.42. The molecule has 0 saturated carbocycles. The Kier molecular flexibility index (Phi) is 4.23. The Bertz CT molecular complexity index is 652. The van der Waals surface area contributed by atoms with Gasteiger partial charge in [-0.2, -0.15) is 0 Å². The summed E-state index contributed by atoms with van der Waals surface area (Å²) in [6.07, 6.45) is 0. The summed E-state index contributed by atoms with van der Waals surface area (Å²) in [6.45, 7) is 1.49. The van der Waals surface area contributed by atoms with E-state index in [1.54, 1.807) is 49.4 Å². The zero-order chi connectivity index (χ0) is 14.6. The van der Waals surface area contributed by atoms with Crippen molar-refractivity contribution >= 4 is 10.0 Å².